The Morgan fingerprint density at radius 3 is 2.86 bits per heavy atom. The van der Waals surface area contributed by atoms with Gasteiger partial charge in [0, 0.05) is 0 Å². The molecule has 0 aromatic heterocycles. The minimum absolute atomic E-state index is 0.123. The Kier molecular flexibility index (Phi) is 1.92. The van der Waals surface area contributed by atoms with Gasteiger partial charge in [-0.05, 0) is 11.6 Å². The summed E-state index contributed by atoms with van der Waals surface area (Å²) in [6.07, 6.45) is 0. The normalized spacial score (nSPS) is 19.1. The number of carboxylic acid groups (broad SMARTS) is 1. The van der Waals surface area contributed by atoms with Gasteiger partial charge in [-0.25, -0.2) is 5.01 Å². The molecule has 0 spiro atoms. The molecule has 1 atom stereocenters. The lowest BCUT2D eigenvalue weighted by atomic mass is 10.0. The van der Waals surface area contributed by atoms with Crippen LogP contribution in [-0.2, 0) is 4.79 Å². The molecular formula is C9H8N2O3. The number of rotatable bonds is 2. The summed E-state index contributed by atoms with van der Waals surface area (Å²) in [7, 11) is 0. The summed E-state index contributed by atoms with van der Waals surface area (Å²) >= 11 is 0. The fraction of sp³-hybridized carbons (Fsp3) is 0.222. The molecule has 0 radical (unpaired) electrons. The fourth-order valence-electron chi connectivity index (χ4n) is 1.68. The van der Waals surface area contributed by atoms with Crippen molar-refractivity contribution in [1.82, 2.24) is 0 Å². The molecule has 0 bridgehead atoms. The molecule has 0 amide bonds. The quantitative estimate of drug-likeness (QED) is 0.718. The first-order valence-electron chi connectivity index (χ1n) is 4.16. The molecular weight excluding hydrogens is 184 g/mol. The van der Waals surface area contributed by atoms with E-state index in [-0.39, 0.29) is 6.54 Å². The molecule has 72 valence electrons. The summed E-state index contributed by atoms with van der Waals surface area (Å²) in [5.74, 6) is -1.58. The van der Waals surface area contributed by atoms with E-state index in [4.69, 9.17) is 5.11 Å². The van der Waals surface area contributed by atoms with E-state index in [9.17, 15) is 9.70 Å². The third-order valence-corrected chi connectivity index (χ3v) is 2.34. The first-order chi connectivity index (χ1) is 6.74. The second-order valence-electron chi connectivity index (χ2n) is 3.11. The molecule has 1 aliphatic heterocycles. The van der Waals surface area contributed by atoms with E-state index in [0.29, 0.717) is 11.3 Å². The molecule has 1 aromatic carbocycles. The molecule has 2 rings (SSSR count). The summed E-state index contributed by atoms with van der Waals surface area (Å²) in [6, 6.07) is 6.91. The average molecular weight is 192 g/mol. The van der Waals surface area contributed by atoms with Crippen LogP contribution >= 0.6 is 0 Å². The van der Waals surface area contributed by atoms with Crippen LogP contribution in [0.5, 0.6) is 0 Å². The molecule has 1 N–H and O–H groups in total. The number of carboxylic acids is 1. The number of benzene rings is 1. The molecule has 1 heterocycles. The number of nitrogens with zero attached hydrogens (tertiary/aromatic N) is 2. The van der Waals surface area contributed by atoms with Crippen LogP contribution in [-0.4, -0.2) is 17.6 Å². The second kappa shape index (κ2) is 3.10. The van der Waals surface area contributed by atoms with Crippen molar-refractivity contribution in [2.24, 2.45) is 5.29 Å². The topological polar surface area (TPSA) is 70.0 Å². The zero-order valence-corrected chi connectivity index (χ0v) is 7.25. The van der Waals surface area contributed by atoms with E-state index in [2.05, 4.69) is 5.29 Å². The number of hydrogen-bond donors (Lipinski definition) is 1. The summed E-state index contributed by atoms with van der Waals surface area (Å²) in [5.41, 5.74) is 1.24. The number of fused-ring (bicyclic) bond motifs is 1. The van der Waals surface area contributed by atoms with Gasteiger partial charge in [0.1, 0.15) is 5.92 Å². The molecule has 1 aliphatic rings. The highest BCUT2D eigenvalue weighted by Crippen LogP contribution is 2.35. The predicted molar refractivity (Wildman–Crippen MR) is 50.0 cm³/mol. The minimum atomic E-state index is -0.927. The first-order valence-corrected chi connectivity index (χ1v) is 4.16. The number of para-hydroxylation sites is 1. The Bertz CT molecular complexity index is 391. The van der Waals surface area contributed by atoms with Crippen molar-refractivity contribution < 1.29 is 9.90 Å². The SMILES string of the molecule is O=NN1CC(C(=O)O)c2ccccc21. The summed E-state index contributed by atoms with van der Waals surface area (Å²) in [5, 5.41) is 12.9. The van der Waals surface area contributed by atoms with Gasteiger partial charge in [0.05, 0.1) is 17.5 Å². The molecule has 0 saturated heterocycles. The maximum Gasteiger partial charge on any atom is 0.312 e. The Balaban J connectivity index is 2.48. The molecule has 14 heavy (non-hydrogen) atoms. The Labute approximate surface area is 79.9 Å². The maximum absolute atomic E-state index is 10.9. The van der Waals surface area contributed by atoms with Crippen LogP contribution in [0.15, 0.2) is 29.6 Å². The minimum Gasteiger partial charge on any atom is -0.481 e. The van der Waals surface area contributed by atoms with Crippen LogP contribution in [0.2, 0.25) is 0 Å². The summed E-state index contributed by atoms with van der Waals surface area (Å²) < 4.78 is 0. The molecule has 0 aliphatic carbocycles. The number of nitroso groups, excluding NO2 is 1. The molecule has 5 nitrogen and oxygen atoms in total. The van der Waals surface area contributed by atoms with Gasteiger partial charge in [0.15, 0.2) is 0 Å². The van der Waals surface area contributed by atoms with E-state index in [1.54, 1.807) is 24.3 Å². The van der Waals surface area contributed by atoms with Crippen molar-refractivity contribution in [2.75, 3.05) is 11.6 Å². The van der Waals surface area contributed by atoms with E-state index < -0.39 is 11.9 Å². The number of hydrogen-bond acceptors (Lipinski definition) is 3. The standard InChI is InChI=1S/C9H8N2O3/c12-9(13)7-5-11(10-14)8-4-2-1-3-6(7)8/h1-4,7H,5H2,(H,12,13). The van der Waals surface area contributed by atoms with E-state index in [1.807, 2.05) is 0 Å². The Hall–Kier alpha value is -1.91. The van der Waals surface area contributed by atoms with E-state index in [1.165, 1.54) is 5.01 Å². The van der Waals surface area contributed by atoms with Crippen LogP contribution < -0.4 is 5.01 Å². The van der Waals surface area contributed by atoms with Gasteiger partial charge in [0.25, 0.3) is 0 Å². The highest BCUT2D eigenvalue weighted by atomic mass is 16.4. The lowest BCUT2D eigenvalue weighted by molar-refractivity contribution is -0.138. The molecule has 5 heteroatoms. The predicted octanol–water partition coefficient (Wildman–Crippen LogP) is 1.36. The van der Waals surface area contributed by atoms with Gasteiger partial charge in [-0.1, -0.05) is 18.2 Å². The maximum atomic E-state index is 10.9. The van der Waals surface area contributed by atoms with Crippen LogP contribution in [0.1, 0.15) is 11.5 Å². The first kappa shape index (κ1) is 8.68. The van der Waals surface area contributed by atoms with Gasteiger partial charge >= 0.3 is 5.97 Å². The van der Waals surface area contributed by atoms with Gasteiger partial charge < -0.3 is 5.11 Å². The van der Waals surface area contributed by atoms with Crippen LogP contribution in [0.4, 0.5) is 5.69 Å². The summed E-state index contributed by atoms with van der Waals surface area (Å²) in [6.45, 7) is 0.123. The van der Waals surface area contributed by atoms with E-state index >= 15 is 0 Å². The van der Waals surface area contributed by atoms with Crippen molar-refractivity contribution >= 4 is 11.7 Å². The number of aliphatic carboxylic acids is 1. The largest absolute Gasteiger partial charge is 0.481 e. The van der Waals surface area contributed by atoms with Crippen molar-refractivity contribution in [1.29, 1.82) is 0 Å². The third-order valence-electron chi connectivity index (χ3n) is 2.34. The monoisotopic (exact) mass is 192 g/mol. The zero-order valence-electron chi connectivity index (χ0n) is 7.25. The van der Waals surface area contributed by atoms with Gasteiger partial charge in [-0.3, -0.25) is 4.79 Å². The van der Waals surface area contributed by atoms with Gasteiger partial charge in [-0.2, -0.15) is 0 Å². The molecule has 1 aromatic rings. The molecule has 0 fully saturated rings. The van der Waals surface area contributed by atoms with Crippen molar-refractivity contribution in [2.45, 2.75) is 5.92 Å². The third kappa shape index (κ3) is 1.14. The summed E-state index contributed by atoms with van der Waals surface area (Å²) in [4.78, 5) is 21.3. The van der Waals surface area contributed by atoms with Crippen LogP contribution in [0, 0.1) is 4.91 Å². The average Bonchev–Trinajstić information content (AvgIpc) is 2.56. The van der Waals surface area contributed by atoms with Crippen molar-refractivity contribution in [3.8, 4) is 0 Å². The second-order valence-corrected chi connectivity index (χ2v) is 3.11. The smallest absolute Gasteiger partial charge is 0.312 e. The van der Waals surface area contributed by atoms with E-state index in [0.717, 1.165) is 0 Å². The van der Waals surface area contributed by atoms with Crippen molar-refractivity contribution in [3.63, 3.8) is 0 Å². The molecule has 1 unspecified atom stereocenters. The Morgan fingerprint density at radius 1 is 1.50 bits per heavy atom. The lowest BCUT2D eigenvalue weighted by Crippen LogP contribution is -2.18. The fourth-order valence-corrected chi connectivity index (χ4v) is 1.68. The number of carbonyl (C=O) groups is 1. The van der Waals surface area contributed by atoms with Crippen molar-refractivity contribution in [3.05, 3.63) is 34.7 Å². The van der Waals surface area contributed by atoms with Gasteiger partial charge in [0.2, 0.25) is 0 Å². The van der Waals surface area contributed by atoms with Crippen LogP contribution in [0.3, 0.4) is 0 Å². The zero-order chi connectivity index (χ0) is 10.1. The highest BCUT2D eigenvalue weighted by molar-refractivity contribution is 5.82. The highest BCUT2D eigenvalue weighted by Gasteiger charge is 2.33. The van der Waals surface area contributed by atoms with Crippen LogP contribution in [0.25, 0.3) is 0 Å². The molecule has 0 saturated carbocycles. The Morgan fingerprint density at radius 2 is 2.21 bits per heavy atom. The number of anilines is 1. The van der Waals surface area contributed by atoms with Gasteiger partial charge in [-0.15, -0.1) is 4.91 Å². The lowest BCUT2D eigenvalue weighted by Gasteiger charge is -2.05.